The summed E-state index contributed by atoms with van der Waals surface area (Å²) in [5.41, 5.74) is 4.23. The maximum absolute atomic E-state index is 11.6. The van der Waals surface area contributed by atoms with Crippen molar-refractivity contribution in [3.8, 4) is 22.8 Å². The predicted molar refractivity (Wildman–Crippen MR) is 115 cm³/mol. The minimum atomic E-state index is 0.113. The molecule has 0 N–H and O–H groups in total. The van der Waals surface area contributed by atoms with Crippen LogP contribution in [-0.4, -0.2) is 71.1 Å². The van der Waals surface area contributed by atoms with Gasteiger partial charge in [0.05, 0.1) is 23.8 Å². The van der Waals surface area contributed by atoms with Gasteiger partial charge in [-0.15, -0.1) is 0 Å². The van der Waals surface area contributed by atoms with Crippen molar-refractivity contribution < 1.29 is 4.79 Å². The highest BCUT2D eigenvalue weighted by molar-refractivity contribution is 5.73. The summed E-state index contributed by atoms with van der Waals surface area (Å²) in [6, 6.07) is 1.90. The Morgan fingerprint density at radius 2 is 1.84 bits per heavy atom. The number of piperazine rings is 1. The monoisotopic (exact) mass is 417 g/mol. The smallest absolute Gasteiger partial charge is 0.219 e. The zero-order valence-electron chi connectivity index (χ0n) is 17.7. The third-order valence-corrected chi connectivity index (χ3v) is 5.60. The Labute approximate surface area is 179 Å². The van der Waals surface area contributed by atoms with Gasteiger partial charge in [-0.3, -0.25) is 18.9 Å². The van der Waals surface area contributed by atoms with Crippen molar-refractivity contribution in [3.63, 3.8) is 0 Å². The normalized spacial score (nSPS) is 14.4. The summed E-state index contributed by atoms with van der Waals surface area (Å²) in [6.45, 7) is 6.47. The summed E-state index contributed by atoms with van der Waals surface area (Å²) in [7, 11) is 1.90. The summed E-state index contributed by atoms with van der Waals surface area (Å²) < 4.78 is 3.74. The molecule has 0 aliphatic carbocycles. The molecule has 0 spiro atoms. The van der Waals surface area contributed by atoms with E-state index < -0.39 is 0 Å². The highest BCUT2D eigenvalue weighted by Gasteiger charge is 2.20. The summed E-state index contributed by atoms with van der Waals surface area (Å²) in [5.74, 6) is 1.56. The van der Waals surface area contributed by atoms with Crippen molar-refractivity contribution in [2.24, 2.45) is 7.05 Å². The van der Waals surface area contributed by atoms with Crippen LogP contribution in [0.4, 0.5) is 5.82 Å². The minimum absolute atomic E-state index is 0.113. The van der Waals surface area contributed by atoms with Crippen molar-refractivity contribution in [1.82, 2.24) is 39.0 Å². The van der Waals surface area contributed by atoms with Crippen LogP contribution in [0.25, 0.3) is 28.4 Å². The number of carbonyl (C=O) groups is 1. The fraction of sp³-hybridized carbons (Fsp3) is 0.333. The van der Waals surface area contributed by atoms with Gasteiger partial charge in [-0.1, -0.05) is 0 Å². The first-order chi connectivity index (χ1) is 15.0. The summed E-state index contributed by atoms with van der Waals surface area (Å²) in [5, 5.41) is 4.41. The third kappa shape index (κ3) is 3.49. The lowest BCUT2D eigenvalue weighted by Crippen LogP contribution is -2.48. The maximum Gasteiger partial charge on any atom is 0.219 e. The van der Waals surface area contributed by atoms with E-state index in [0.29, 0.717) is 18.9 Å². The van der Waals surface area contributed by atoms with E-state index in [1.807, 2.05) is 41.7 Å². The number of hydrogen-bond acceptors (Lipinski definition) is 7. The average Bonchev–Trinajstić information content (AvgIpc) is 3.35. The number of anilines is 1. The molecule has 0 aromatic carbocycles. The van der Waals surface area contributed by atoms with Crippen molar-refractivity contribution in [1.29, 1.82) is 0 Å². The Morgan fingerprint density at radius 3 is 2.55 bits per heavy atom. The van der Waals surface area contributed by atoms with Crippen LogP contribution in [0.1, 0.15) is 12.6 Å². The molecule has 1 fully saturated rings. The van der Waals surface area contributed by atoms with E-state index in [1.165, 1.54) is 0 Å². The zero-order valence-corrected chi connectivity index (χ0v) is 17.7. The Morgan fingerprint density at radius 1 is 1.03 bits per heavy atom. The number of rotatable bonds is 3. The van der Waals surface area contributed by atoms with Gasteiger partial charge >= 0.3 is 0 Å². The number of hydrogen-bond donors (Lipinski definition) is 0. The molecule has 0 unspecified atom stereocenters. The van der Waals surface area contributed by atoms with Gasteiger partial charge in [0.1, 0.15) is 11.5 Å². The second kappa shape index (κ2) is 7.46. The fourth-order valence-electron chi connectivity index (χ4n) is 3.94. The van der Waals surface area contributed by atoms with E-state index in [0.717, 1.165) is 47.2 Å². The van der Waals surface area contributed by atoms with Crippen molar-refractivity contribution in [3.05, 3.63) is 42.7 Å². The number of amides is 1. The summed E-state index contributed by atoms with van der Waals surface area (Å²) in [4.78, 5) is 33.9. The predicted octanol–water partition coefficient (Wildman–Crippen LogP) is 1.56. The van der Waals surface area contributed by atoms with Gasteiger partial charge in [-0.2, -0.15) is 5.10 Å². The quantitative estimate of drug-likeness (QED) is 0.499. The van der Waals surface area contributed by atoms with E-state index in [1.54, 1.807) is 30.2 Å². The van der Waals surface area contributed by atoms with Gasteiger partial charge in [-0.05, 0) is 13.0 Å². The molecule has 4 aromatic rings. The minimum Gasteiger partial charge on any atom is -0.353 e. The van der Waals surface area contributed by atoms with E-state index in [4.69, 9.17) is 4.98 Å². The molecule has 10 nitrogen and oxygen atoms in total. The van der Waals surface area contributed by atoms with Gasteiger partial charge in [0, 0.05) is 64.3 Å². The zero-order chi connectivity index (χ0) is 21.5. The van der Waals surface area contributed by atoms with Crippen LogP contribution >= 0.6 is 0 Å². The number of imidazole rings is 1. The Balaban J connectivity index is 1.48. The standard InChI is InChI=1S/C21H23N9O/c1-14-16(12-27(3)26-14)17-13-30-18(10-24-20(30)11-23-17)21-22-5-4-19(25-21)29-8-6-28(7-9-29)15(2)31/h4-5,10-13H,6-9H2,1-3H3. The van der Waals surface area contributed by atoms with Gasteiger partial charge in [0.25, 0.3) is 0 Å². The van der Waals surface area contributed by atoms with Gasteiger partial charge in [0.2, 0.25) is 5.91 Å². The first kappa shape index (κ1) is 19.2. The average molecular weight is 417 g/mol. The van der Waals surface area contributed by atoms with Crippen molar-refractivity contribution in [2.45, 2.75) is 13.8 Å². The maximum atomic E-state index is 11.6. The highest BCUT2D eigenvalue weighted by atomic mass is 16.2. The molecule has 0 atom stereocenters. The molecule has 1 amide bonds. The number of aromatic nitrogens is 7. The van der Waals surface area contributed by atoms with Crippen LogP contribution in [0.3, 0.4) is 0 Å². The lowest BCUT2D eigenvalue weighted by atomic mass is 10.2. The second-order valence-corrected chi connectivity index (χ2v) is 7.68. The molecule has 10 heteroatoms. The first-order valence-corrected chi connectivity index (χ1v) is 10.2. The lowest BCUT2D eigenvalue weighted by molar-refractivity contribution is -0.129. The molecule has 31 heavy (non-hydrogen) atoms. The molecular weight excluding hydrogens is 394 g/mol. The van der Waals surface area contributed by atoms with Crippen molar-refractivity contribution in [2.75, 3.05) is 31.1 Å². The number of nitrogens with zero attached hydrogens (tertiary/aromatic N) is 9. The molecule has 1 aliphatic heterocycles. The van der Waals surface area contributed by atoms with Gasteiger partial charge < -0.3 is 9.80 Å². The lowest BCUT2D eigenvalue weighted by Gasteiger charge is -2.34. The van der Waals surface area contributed by atoms with E-state index in [-0.39, 0.29) is 5.91 Å². The Kier molecular flexibility index (Phi) is 4.61. The van der Waals surface area contributed by atoms with E-state index in [2.05, 4.69) is 25.0 Å². The molecule has 1 aliphatic rings. The molecule has 158 valence electrons. The van der Waals surface area contributed by atoms with Crippen LogP contribution in [0, 0.1) is 6.92 Å². The van der Waals surface area contributed by atoms with Crippen LogP contribution in [0.2, 0.25) is 0 Å². The topological polar surface area (TPSA) is 97.3 Å². The van der Waals surface area contributed by atoms with Crippen LogP contribution in [-0.2, 0) is 11.8 Å². The SMILES string of the molecule is CC(=O)N1CCN(c2ccnc(-c3cnc4cnc(-c5cn(C)nc5C)cn34)n2)CC1. The molecule has 0 saturated carbocycles. The molecule has 5 heterocycles. The molecular formula is C21H23N9O. The van der Waals surface area contributed by atoms with Gasteiger partial charge in [-0.25, -0.2) is 15.0 Å². The molecule has 4 aromatic heterocycles. The summed E-state index contributed by atoms with van der Waals surface area (Å²) in [6.07, 6.45) is 9.18. The Hall–Kier alpha value is -3.82. The van der Waals surface area contributed by atoms with Gasteiger partial charge in [0.15, 0.2) is 11.5 Å². The number of aryl methyl sites for hydroxylation is 2. The molecule has 1 saturated heterocycles. The molecule has 0 bridgehead atoms. The number of fused-ring (bicyclic) bond motifs is 1. The second-order valence-electron chi connectivity index (χ2n) is 7.68. The largest absolute Gasteiger partial charge is 0.353 e. The third-order valence-electron chi connectivity index (χ3n) is 5.60. The number of carbonyl (C=O) groups excluding carboxylic acids is 1. The fourth-order valence-corrected chi connectivity index (χ4v) is 3.94. The first-order valence-electron chi connectivity index (χ1n) is 10.2. The van der Waals surface area contributed by atoms with Crippen molar-refractivity contribution >= 4 is 17.4 Å². The van der Waals surface area contributed by atoms with Crippen LogP contribution in [0.5, 0.6) is 0 Å². The van der Waals surface area contributed by atoms with E-state index in [9.17, 15) is 4.79 Å². The Bertz CT molecular complexity index is 1270. The summed E-state index contributed by atoms with van der Waals surface area (Å²) >= 11 is 0. The molecule has 0 radical (unpaired) electrons. The highest BCUT2D eigenvalue weighted by Crippen LogP contribution is 2.24. The van der Waals surface area contributed by atoms with Crippen LogP contribution in [0.15, 0.2) is 37.1 Å². The van der Waals surface area contributed by atoms with Crippen LogP contribution < -0.4 is 4.90 Å². The van der Waals surface area contributed by atoms with E-state index >= 15 is 0 Å². The molecule has 5 rings (SSSR count).